The van der Waals surface area contributed by atoms with Crippen LogP contribution in [0.2, 0.25) is 0 Å². The lowest BCUT2D eigenvalue weighted by Crippen LogP contribution is -2.11. The van der Waals surface area contributed by atoms with E-state index in [1.54, 1.807) is 24.3 Å². The van der Waals surface area contributed by atoms with E-state index in [9.17, 15) is 31.6 Å². The SMILES string of the molecule is Cc1ccc(-c2ccc3c(c2)c2cc(-c4ccc(C)cc4)ccc2n3-c2ccc(C#N)cc2-c2ccc(-c3cc(C(F)(F)F)cc(C(F)(F)F)c3)cc2-n2c3ccc(-c4ccc(C)cc4)cc3c3cc(-c4ccc(C)cc4)ccc32)cc1. The molecule has 0 aliphatic heterocycles. The molecule has 9 heteroatoms. The largest absolute Gasteiger partial charge is 0.416 e. The van der Waals surface area contributed by atoms with Crippen LogP contribution < -0.4 is 0 Å². The van der Waals surface area contributed by atoms with E-state index in [1.165, 1.54) is 0 Å². The van der Waals surface area contributed by atoms with E-state index in [0.717, 1.165) is 123 Å². The van der Waals surface area contributed by atoms with Crippen LogP contribution in [0.3, 0.4) is 0 Å². The summed E-state index contributed by atoms with van der Waals surface area (Å²) in [5.41, 5.74) is 15.5. The van der Waals surface area contributed by atoms with E-state index in [4.69, 9.17) is 0 Å². The summed E-state index contributed by atoms with van der Waals surface area (Å²) in [7, 11) is 0. The minimum atomic E-state index is -5.08. The van der Waals surface area contributed by atoms with Crippen LogP contribution in [0, 0.1) is 39.0 Å². The van der Waals surface area contributed by atoms with Crippen LogP contribution in [0.1, 0.15) is 38.9 Å². The number of hydrogen-bond donors (Lipinski definition) is 0. The zero-order chi connectivity index (χ0) is 56.8. The minimum absolute atomic E-state index is 0.125. The summed E-state index contributed by atoms with van der Waals surface area (Å²) >= 11 is 0. The number of rotatable bonds is 8. The molecule has 0 aliphatic rings. The van der Waals surface area contributed by atoms with Gasteiger partial charge in [0.15, 0.2) is 0 Å². The third-order valence-electron chi connectivity index (χ3n) is 15.9. The van der Waals surface area contributed by atoms with Crippen LogP contribution in [0.25, 0.3) is 122 Å². The second kappa shape index (κ2) is 19.7. The van der Waals surface area contributed by atoms with Gasteiger partial charge in [0.25, 0.3) is 0 Å². The molecule has 0 spiro atoms. The summed E-state index contributed by atoms with van der Waals surface area (Å²) < 4.78 is 92.2. The van der Waals surface area contributed by atoms with Crippen molar-refractivity contribution in [1.82, 2.24) is 9.13 Å². The first-order valence-electron chi connectivity index (χ1n) is 26.9. The van der Waals surface area contributed by atoms with Crippen molar-refractivity contribution < 1.29 is 26.3 Å². The maximum Gasteiger partial charge on any atom is 0.416 e. The van der Waals surface area contributed by atoms with Gasteiger partial charge in [-0.1, -0.05) is 156 Å². The second-order valence-corrected chi connectivity index (χ2v) is 21.4. The summed E-state index contributed by atoms with van der Waals surface area (Å²) in [6.07, 6.45) is -10.2. The minimum Gasteiger partial charge on any atom is -0.309 e. The van der Waals surface area contributed by atoms with Gasteiger partial charge >= 0.3 is 12.4 Å². The van der Waals surface area contributed by atoms with Gasteiger partial charge in [-0.2, -0.15) is 31.6 Å². The average molecular weight is 1080 g/mol. The maximum atomic E-state index is 14.7. The van der Waals surface area contributed by atoms with Gasteiger partial charge in [0, 0.05) is 32.7 Å². The van der Waals surface area contributed by atoms with E-state index < -0.39 is 23.5 Å². The number of halogens is 6. The Morgan fingerprint density at radius 1 is 0.293 bits per heavy atom. The Kier molecular flexibility index (Phi) is 12.4. The molecule has 0 bridgehead atoms. The number of benzene rings is 11. The quantitative estimate of drug-likeness (QED) is 0.140. The highest BCUT2D eigenvalue weighted by atomic mass is 19.4. The number of nitrogens with zero attached hydrogens (tertiary/aromatic N) is 3. The second-order valence-electron chi connectivity index (χ2n) is 21.4. The molecule has 0 N–H and O–H groups in total. The topological polar surface area (TPSA) is 33.6 Å². The molecule has 0 fully saturated rings. The Morgan fingerprint density at radius 3 is 0.951 bits per heavy atom. The van der Waals surface area contributed by atoms with Crippen molar-refractivity contribution in [1.29, 1.82) is 5.26 Å². The van der Waals surface area contributed by atoms with Gasteiger partial charge in [-0.05, 0) is 174 Å². The first-order valence-corrected chi connectivity index (χ1v) is 26.9. The normalized spacial score (nSPS) is 12.0. The molecule has 3 nitrogen and oxygen atoms in total. The van der Waals surface area contributed by atoms with Gasteiger partial charge in [0.1, 0.15) is 0 Å². The Bertz CT molecular complexity index is 4490. The lowest BCUT2D eigenvalue weighted by atomic mass is 9.93. The predicted octanol–water partition coefficient (Wildman–Crippen LogP) is 21.0. The van der Waals surface area contributed by atoms with Crippen molar-refractivity contribution in [2.45, 2.75) is 40.0 Å². The summed E-state index contributed by atoms with van der Waals surface area (Å²) in [6.45, 7) is 8.18. The molecule has 0 aliphatic carbocycles. The highest BCUT2D eigenvalue weighted by Crippen LogP contribution is 2.46. The fourth-order valence-corrected chi connectivity index (χ4v) is 11.5. The van der Waals surface area contributed by atoms with Crippen molar-refractivity contribution >= 4 is 43.6 Å². The summed E-state index contributed by atoms with van der Waals surface area (Å²) in [6, 6.07) is 73.2. The molecule has 2 heterocycles. The summed E-state index contributed by atoms with van der Waals surface area (Å²) in [5.74, 6) is 0. The molecular formula is C73H49F6N3. The molecule has 13 aromatic rings. The van der Waals surface area contributed by atoms with Crippen molar-refractivity contribution in [2.75, 3.05) is 0 Å². The predicted molar refractivity (Wildman–Crippen MR) is 321 cm³/mol. The van der Waals surface area contributed by atoms with Crippen LogP contribution in [0.5, 0.6) is 0 Å². The summed E-state index contributed by atoms with van der Waals surface area (Å²) in [5, 5.41) is 14.4. The maximum absolute atomic E-state index is 14.7. The average Bonchev–Trinajstić information content (AvgIpc) is 3.93. The lowest BCUT2D eigenvalue weighted by molar-refractivity contribution is -0.143. The van der Waals surface area contributed by atoms with Crippen LogP contribution in [-0.2, 0) is 12.4 Å². The molecule has 398 valence electrons. The zero-order valence-electron chi connectivity index (χ0n) is 45.0. The Balaban J connectivity index is 1.12. The van der Waals surface area contributed by atoms with Crippen molar-refractivity contribution in [3.05, 3.63) is 263 Å². The van der Waals surface area contributed by atoms with Gasteiger partial charge < -0.3 is 9.13 Å². The first-order chi connectivity index (χ1) is 39.4. The van der Waals surface area contributed by atoms with Crippen molar-refractivity contribution in [2.24, 2.45) is 0 Å². The lowest BCUT2D eigenvalue weighted by Gasteiger charge is -2.21. The van der Waals surface area contributed by atoms with E-state index in [1.807, 2.05) is 50.2 Å². The number of aryl methyl sites for hydroxylation is 4. The molecule has 11 aromatic carbocycles. The fourth-order valence-electron chi connectivity index (χ4n) is 11.5. The molecule has 2 aromatic heterocycles. The van der Waals surface area contributed by atoms with Crippen molar-refractivity contribution in [3.63, 3.8) is 0 Å². The molecule has 0 saturated carbocycles. The highest BCUT2D eigenvalue weighted by molar-refractivity contribution is 6.14. The van der Waals surface area contributed by atoms with E-state index in [-0.39, 0.29) is 17.2 Å². The monoisotopic (exact) mass is 1080 g/mol. The molecule has 0 unspecified atom stereocenters. The van der Waals surface area contributed by atoms with E-state index in [0.29, 0.717) is 28.1 Å². The van der Waals surface area contributed by atoms with Crippen LogP contribution in [0.15, 0.2) is 224 Å². The van der Waals surface area contributed by atoms with Gasteiger partial charge in [-0.25, -0.2) is 0 Å². The van der Waals surface area contributed by atoms with Gasteiger partial charge in [0.05, 0.1) is 56.2 Å². The third-order valence-corrected chi connectivity index (χ3v) is 15.9. The van der Waals surface area contributed by atoms with Crippen molar-refractivity contribution in [3.8, 4) is 84.2 Å². The smallest absolute Gasteiger partial charge is 0.309 e. The van der Waals surface area contributed by atoms with E-state index in [2.05, 4.69) is 175 Å². The summed E-state index contributed by atoms with van der Waals surface area (Å²) in [4.78, 5) is 0. The fraction of sp³-hybridized carbons (Fsp3) is 0.0822. The first kappa shape index (κ1) is 51.5. The molecule has 0 radical (unpaired) electrons. The number of alkyl halides is 6. The Labute approximate surface area is 469 Å². The van der Waals surface area contributed by atoms with Crippen LogP contribution in [0.4, 0.5) is 26.3 Å². The number of nitriles is 1. The van der Waals surface area contributed by atoms with E-state index >= 15 is 0 Å². The number of hydrogen-bond acceptors (Lipinski definition) is 1. The molecule has 82 heavy (non-hydrogen) atoms. The molecular weight excluding hydrogens is 1030 g/mol. The van der Waals surface area contributed by atoms with Crippen LogP contribution in [-0.4, -0.2) is 9.13 Å². The standard InChI is InChI=1S/C73H49F6N3/c1-43-5-14-48(15-6-43)52-23-29-67-62(36-52)63-37-53(49-16-7-44(2)8-17-49)24-30-68(63)81(67)66-28-13-47(42-80)33-61(66)60-27-22-56(57-34-58(72(74,75)76)41-59(35-57)73(77,78)79)40-71(60)82-69-31-25-54(50-18-9-45(3)10-19-50)38-64(69)65-39-55(26-32-70(65)82)51-20-11-46(4)12-21-51/h5-41H,1-4H3. The van der Waals surface area contributed by atoms with Gasteiger partial charge in [0.2, 0.25) is 0 Å². The molecule has 0 atom stereocenters. The number of fused-ring (bicyclic) bond motifs is 6. The van der Waals surface area contributed by atoms with Gasteiger partial charge in [-0.3, -0.25) is 0 Å². The molecule has 13 rings (SSSR count). The molecule has 0 saturated heterocycles. The third kappa shape index (κ3) is 9.26. The zero-order valence-corrected chi connectivity index (χ0v) is 45.0. The molecule has 0 amide bonds. The highest BCUT2D eigenvalue weighted by Gasteiger charge is 2.37. The van der Waals surface area contributed by atoms with Crippen LogP contribution >= 0.6 is 0 Å². The Hall–Kier alpha value is -9.91. The Morgan fingerprint density at radius 2 is 0.610 bits per heavy atom. The van der Waals surface area contributed by atoms with Gasteiger partial charge in [-0.15, -0.1) is 0 Å². The number of aromatic nitrogens is 2.